The van der Waals surface area contributed by atoms with Crippen molar-refractivity contribution in [3.8, 4) is 5.75 Å². The Kier molecular flexibility index (Phi) is 5.58. The van der Waals surface area contributed by atoms with Crippen molar-refractivity contribution in [1.82, 2.24) is 4.90 Å². The first-order valence-corrected chi connectivity index (χ1v) is 11.0. The van der Waals surface area contributed by atoms with E-state index in [2.05, 4.69) is 0 Å². The summed E-state index contributed by atoms with van der Waals surface area (Å²) in [5.41, 5.74) is -1.66. The van der Waals surface area contributed by atoms with Crippen molar-refractivity contribution in [2.45, 2.75) is 56.4 Å². The molecule has 162 valence electrons. The molecule has 0 bridgehead atoms. The van der Waals surface area contributed by atoms with Crippen LogP contribution in [0.4, 0.5) is 0 Å². The molecular formula is C23H28ClNO5. The molecule has 30 heavy (non-hydrogen) atoms. The lowest BCUT2D eigenvalue weighted by Crippen LogP contribution is -2.80. The van der Waals surface area contributed by atoms with Crippen LogP contribution in [0.25, 0.3) is 0 Å². The van der Waals surface area contributed by atoms with E-state index in [0.29, 0.717) is 12.2 Å². The molecule has 1 unspecified atom stereocenters. The Balaban J connectivity index is 1.76. The van der Waals surface area contributed by atoms with E-state index in [1.54, 1.807) is 18.9 Å². The molecule has 2 fully saturated rings. The Labute approximate surface area is 181 Å². The topological polar surface area (TPSA) is 76.1 Å². The first kappa shape index (κ1) is 21.2. The third-order valence-electron chi connectivity index (χ3n) is 7.05. The molecule has 0 spiro atoms. The predicted molar refractivity (Wildman–Crippen MR) is 112 cm³/mol. The number of halogens is 1. The van der Waals surface area contributed by atoms with E-state index in [1.165, 1.54) is 0 Å². The number of ether oxygens (including phenoxy) is 2. The number of likely N-dealkylation sites (tertiary alicyclic amines) is 1. The van der Waals surface area contributed by atoms with Gasteiger partial charge in [-0.3, -0.25) is 4.79 Å². The third-order valence-corrected chi connectivity index (χ3v) is 7.27. The van der Waals surface area contributed by atoms with Gasteiger partial charge in [0.05, 0.1) is 19.1 Å². The zero-order chi connectivity index (χ0) is 21.5. The van der Waals surface area contributed by atoms with Gasteiger partial charge in [0.25, 0.3) is 0 Å². The molecule has 0 radical (unpaired) electrons. The highest BCUT2D eigenvalue weighted by atomic mass is 35.5. The molecule has 2 heterocycles. The number of benzene rings is 1. The van der Waals surface area contributed by atoms with Gasteiger partial charge in [-0.25, -0.2) is 4.79 Å². The lowest BCUT2D eigenvalue weighted by molar-refractivity contribution is -0.256. The van der Waals surface area contributed by atoms with Crippen molar-refractivity contribution in [1.29, 1.82) is 0 Å². The van der Waals surface area contributed by atoms with Gasteiger partial charge in [-0.15, -0.1) is 11.6 Å². The average molecular weight is 434 g/mol. The fraction of sp³-hybridized carbons (Fsp3) is 0.565. The number of rotatable bonds is 7. The zero-order valence-corrected chi connectivity index (χ0v) is 18.1. The summed E-state index contributed by atoms with van der Waals surface area (Å²) in [7, 11) is 1.59. The minimum atomic E-state index is -1.41. The van der Waals surface area contributed by atoms with E-state index in [1.807, 2.05) is 36.4 Å². The molecule has 7 heteroatoms. The van der Waals surface area contributed by atoms with Gasteiger partial charge in [0.15, 0.2) is 5.60 Å². The molecule has 2 saturated heterocycles. The van der Waals surface area contributed by atoms with Crippen LogP contribution in [0.5, 0.6) is 5.75 Å². The number of alkyl halides is 1. The van der Waals surface area contributed by atoms with Crippen LogP contribution in [-0.2, 0) is 20.9 Å². The van der Waals surface area contributed by atoms with Crippen LogP contribution in [-0.4, -0.2) is 52.1 Å². The minimum absolute atomic E-state index is 0.196. The van der Waals surface area contributed by atoms with Crippen molar-refractivity contribution in [2.24, 2.45) is 11.8 Å². The first-order valence-electron chi connectivity index (χ1n) is 10.5. The van der Waals surface area contributed by atoms with E-state index in [0.717, 1.165) is 24.8 Å². The molecule has 0 saturated carbocycles. The van der Waals surface area contributed by atoms with Gasteiger partial charge in [0, 0.05) is 18.3 Å². The zero-order valence-electron chi connectivity index (χ0n) is 17.3. The number of carbonyl (C=O) groups is 2. The number of allylic oxidation sites excluding steroid dienone is 1. The van der Waals surface area contributed by atoms with E-state index in [9.17, 15) is 14.7 Å². The Bertz CT molecular complexity index is 856. The average Bonchev–Trinajstić information content (AvgIpc) is 2.90. The smallest absolute Gasteiger partial charge is 0.339 e. The number of esters is 1. The Morgan fingerprint density at radius 1 is 1.33 bits per heavy atom. The number of carbonyl (C=O) groups excluding carboxylic acids is 2. The van der Waals surface area contributed by atoms with Gasteiger partial charge in [-0.1, -0.05) is 24.3 Å². The van der Waals surface area contributed by atoms with Crippen molar-refractivity contribution in [3.05, 3.63) is 42.0 Å². The standard InChI is InChI=1S/C23H28ClNO5/c1-22-18(12-13-24)20(27)25(14-15-8-10-17(29-2)11-9-15)23(22,21(28)30-22)19(26)16-6-4-3-5-7-16/h4,6,8-11,16,18-19,26H,3,5,7,12-14H2,1-2H3/t16-,18+,19+,22-,23?/m1/s1. The van der Waals surface area contributed by atoms with Gasteiger partial charge >= 0.3 is 5.97 Å². The van der Waals surface area contributed by atoms with Crippen LogP contribution in [0.3, 0.4) is 0 Å². The normalized spacial score (nSPS) is 33.7. The quantitative estimate of drug-likeness (QED) is 0.406. The SMILES string of the molecule is COc1ccc(CN2C(=O)[C@H](CCCl)[C@@]3(C)OC(=O)C23[C@@H](O)[C@@H]2C=CCCC2)cc1. The summed E-state index contributed by atoms with van der Waals surface area (Å²) in [6, 6.07) is 7.36. The van der Waals surface area contributed by atoms with Gasteiger partial charge in [-0.05, 0) is 50.3 Å². The van der Waals surface area contributed by atoms with Crippen molar-refractivity contribution in [2.75, 3.05) is 13.0 Å². The maximum absolute atomic E-state index is 13.5. The second-order valence-corrected chi connectivity index (χ2v) is 8.91. The maximum Gasteiger partial charge on any atom is 0.339 e. The number of nitrogens with zero attached hydrogens (tertiary/aromatic N) is 1. The minimum Gasteiger partial charge on any atom is -0.497 e. The van der Waals surface area contributed by atoms with Crippen LogP contribution < -0.4 is 4.74 Å². The molecule has 1 N–H and O–H groups in total. The van der Waals surface area contributed by atoms with Gasteiger partial charge < -0.3 is 19.5 Å². The first-order chi connectivity index (χ1) is 14.4. The lowest BCUT2D eigenvalue weighted by atomic mass is 9.64. The van der Waals surface area contributed by atoms with Gasteiger partial charge in [0.2, 0.25) is 11.4 Å². The number of hydrogen-bond acceptors (Lipinski definition) is 5. The van der Waals surface area contributed by atoms with E-state index < -0.39 is 29.1 Å². The largest absolute Gasteiger partial charge is 0.497 e. The Hall–Kier alpha value is -2.05. The summed E-state index contributed by atoms with van der Waals surface area (Å²) >= 11 is 6.00. The summed E-state index contributed by atoms with van der Waals surface area (Å²) in [5.74, 6) is -0.523. The molecule has 5 atom stereocenters. The lowest BCUT2D eigenvalue weighted by Gasteiger charge is -2.57. The fourth-order valence-corrected chi connectivity index (χ4v) is 5.64. The van der Waals surface area contributed by atoms with Crippen molar-refractivity contribution < 1.29 is 24.2 Å². The molecule has 4 rings (SSSR count). The van der Waals surface area contributed by atoms with E-state index in [-0.39, 0.29) is 24.2 Å². The van der Waals surface area contributed by atoms with Crippen LogP contribution in [0, 0.1) is 11.8 Å². The highest BCUT2D eigenvalue weighted by molar-refractivity contribution is 6.18. The summed E-state index contributed by atoms with van der Waals surface area (Å²) in [6.07, 6.45) is 6.03. The highest BCUT2D eigenvalue weighted by Crippen LogP contribution is 2.58. The molecule has 0 aromatic heterocycles. The summed E-state index contributed by atoms with van der Waals surface area (Å²) < 4.78 is 10.9. The summed E-state index contributed by atoms with van der Waals surface area (Å²) in [5, 5.41) is 11.5. The van der Waals surface area contributed by atoms with Crippen LogP contribution in [0.15, 0.2) is 36.4 Å². The van der Waals surface area contributed by atoms with E-state index in [4.69, 9.17) is 21.1 Å². The molecule has 1 amide bonds. The monoisotopic (exact) mass is 433 g/mol. The van der Waals surface area contributed by atoms with Crippen LogP contribution in [0.2, 0.25) is 0 Å². The second kappa shape index (κ2) is 7.89. The molecule has 1 aromatic rings. The summed E-state index contributed by atoms with van der Waals surface area (Å²) in [6.45, 7) is 1.98. The second-order valence-electron chi connectivity index (χ2n) is 8.53. The predicted octanol–water partition coefficient (Wildman–Crippen LogP) is 3.05. The van der Waals surface area contributed by atoms with Crippen molar-refractivity contribution in [3.63, 3.8) is 0 Å². The number of methoxy groups -OCH3 is 1. The number of hydrogen-bond donors (Lipinski definition) is 1. The number of amides is 1. The van der Waals surface area contributed by atoms with Gasteiger partial charge in [0.1, 0.15) is 5.75 Å². The van der Waals surface area contributed by atoms with Crippen LogP contribution in [0.1, 0.15) is 38.2 Å². The number of aliphatic hydroxyl groups excluding tert-OH is 1. The summed E-state index contributed by atoms with van der Waals surface area (Å²) in [4.78, 5) is 28.1. The van der Waals surface area contributed by atoms with Crippen molar-refractivity contribution >= 4 is 23.5 Å². The Morgan fingerprint density at radius 3 is 2.63 bits per heavy atom. The number of fused-ring (bicyclic) bond motifs is 1. The number of aliphatic hydroxyl groups is 1. The van der Waals surface area contributed by atoms with Crippen LogP contribution >= 0.6 is 11.6 Å². The molecule has 3 aliphatic rings. The fourth-order valence-electron chi connectivity index (χ4n) is 5.43. The molecular weight excluding hydrogens is 406 g/mol. The molecule has 2 aliphatic heterocycles. The third kappa shape index (κ3) is 2.88. The van der Waals surface area contributed by atoms with Gasteiger partial charge in [-0.2, -0.15) is 0 Å². The maximum atomic E-state index is 13.5. The van der Waals surface area contributed by atoms with E-state index >= 15 is 0 Å². The molecule has 1 aromatic carbocycles. The molecule has 1 aliphatic carbocycles. The highest BCUT2D eigenvalue weighted by Gasteiger charge is 2.82. The molecule has 6 nitrogen and oxygen atoms in total. The Morgan fingerprint density at radius 2 is 2.07 bits per heavy atom.